The molecular formula is C11H19N3O4S. The number of carbonyl (C=O) groups excluding carboxylic acids is 2. The smallest absolute Gasteiger partial charge is 0.327 e. The van der Waals surface area contributed by atoms with E-state index in [9.17, 15) is 14.4 Å². The van der Waals surface area contributed by atoms with Gasteiger partial charge in [-0.3, -0.25) is 9.69 Å². The average molecular weight is 289 g/mol. The summed E-state index contributed by atoms with van der Waals surface area (Å²) in [7, 11) is 1.50. The second-order valence-corrected chi connectivity index (χ2v) is 5.51. The van der Waals surface area contributed by atoms with Crippen molar-refractivity contribution in [1.82, 2.24) is 15.1 Å². The van der Waals surface area contributed by atoms with Gasteiger partial charge in [0.15, 0.2) is 0 Å². The van der Waals surface area contributed by atoms with Crippen LogP contribution in [0.3, 0.4) is 0 Å². The van der Waals surface area contributed by atoms with E-state index >= 15 is 0 Å². The highest BCUT2D eigenvalue weighted by Gasteiger charge is 2.41. The van der Waals surface area contributed by atoms with Crippen molar-refractivity contribution in [2.75, 3.05) is 25.9 Å². The second kappa shape index (κ2) is 6.65. The summed E-state index contributed by atoms with van der Waals surface area (Å²) < 4.78 is 0. The number of hydrogen-bond acceptors (Lipinski definition) is 4. The highest BCUT2D eigenvalue weighted by atomic mass is 32.2. The molecule has 108 valence electrons. The van der Waals surface area contributed by atoms with Crippen molar-refractivity contribution in [2.24, 2.45) is 0 Å². The molecule has 0 radical (unpaired) electrons. The van der Waals surface area contributed by atoms with Crippen LogP contribution in [0.25, 0.3) is 0 Å². The molecule has 0 aromatic carbocycles. The molecule has 1 saturated heterocycles. The summed E-state index contributed by atoms with van der Waals surface area (Å²) in [5.41, 5.74) is 0. The molecule has 3 amide bonds. The maximum Gasteiger partial charge on any atom is 0.327 e. The van der Waals surface area contributed by atoms with Gasteiger partial charge < -0.3 is 15.3 Å². The maximum atomic E-state index is 12.3. The lowest BCUT2D eigenvalue weighted by atomic mass is 10.3. The molecule has 2 N–H and O–H groups in total. The van der Waals surface area contributed by atoms with Crippen molar-refractivity contribution in [1.29, 1.82) is 0 Å². The first kappa shape index (κ1) is 15.6. The monoisotopic (exact) mass is 289 g/mol. The Bertz CT molecular complexity index is 377. The molecule has 7 nitrogen and oxygen atoms in total. The third kappa shape index (κ3) is 3.52. The first-order valence-corrected chi connectivity index (χ1v) is 7.09. The van der Waals surface area contributed by atoms with Crippen molar-refractivity contribution in [3.63, 3.8) is 0 Å². The zero-order valence-corrected chi connectivity index (χ0v) is 12.1. The number of urea groups is 1. The fourth-order valence-electron chi connectivity index (χ4n) is 1.85. The number of rotatable bonds is 4. The van der Waals surface area contributed by atoms with Gasteiger partial charge in [0.25, 0.3) is 0 Å². The Morgan fingerprint density at radius 2 is 2.11 bits per heavy atom. The minimum Gasteiger partial charge on any atom is -0.480 e. The van der Waals surface area contributed by atoms with E-state index in [0.29, 0.717) is 12.3 Å². The van der Waals surface area contributed by atoms with Crippen LogP contribution in [-0.4, -0.2) is 70.1 Å². The number of aliphatic carboxylic acids is 1. The molecule has 19 heavy (non-hydrogen) atoms. The number of likely N-dealkylation sites (N-methyl/N-ethyl adjacent to an activating group) is 2. The summed E-state index contributed by atoms with van der Waals surface area (Å²) in [5, 5.41) is 11.4. The van der Waals surface area contributed by atoms with Gasteiger partial charge in [-0.05, 0) is 13.8 Å². The van der Waals surface area contributed by atoms with Crippen molar-refractivity contribution >= 4 is 29.7 Å². The Hall–Kier alpha value is -1.44. The normalized spacial score (nSPS) is 22.2. The van der Waals surface area contributed by atoms with Crippen LogP contribution in [0.4, 0.5) is 4.79 Å². The van der Waals surface area contributed by atoms with E-state index < -0.39 is 18.0 Å². The van der Waals surface area contributed by atoms with Crippen LogP contribution < -0.4 is 5.32 Å². The largest absolute Gasteiger partial charge is 0.480 e. The van der Waals surface area contributed by atoms with E-state index in [1.54, 1.807) is 13.8 Å². The number of nitrogens with one attached hydrogen (secondary N) is 1. The number of carboxylic acids is 1. The van der Waals surface area contributed by atoms with Gasteiger partial charge in [-0.1, -0.05) is 0 Å². The number of carboxylic acid groups (broad SMARTS) is 1. The first-order valence-electron chi connectivity index (χ1n) is 6.04. The third-order valence-corrected chi connectivity index (χ3v) is 4.21. The predicted molar refractivity (Wildman–Crippen MR) is 71.9 cm³/mol. The van der Waals surface area contributed by atoms with Crippen LogP contribution >= 0.6 is 11.8 Å². The lowest BCUT2D eigenvalue weighted by Gasteiger charge is -2.31. The highest BCUT2D eigenvalue weighted by Crippen LogP contribution is 2.29. The van der Waals surface area contributed by atoms with E-state index in [4.69, 9.17) is 5.11 Å². The molecule has 1 aliphatic heterocycles. The quantitative estimate of drug-likeness (QED) is 0.761. The molecule has 0 saturated carbocycles. The van der Waals surface area contributed by atoms with Gasteiger partial charge in [-0.2, -0.15) is 0 Å². The molecule has 2 unspecified atom stereocenters. The molecular weight excluding hydrogens is 270 g/mol. The average Bonchev–Trinajstić information content (AvgIpc) is 2.76. The minimum atomic E-state index is -1.01. The number of hydrogen-bond donors (Lipinski definition) is 2. The number of thioether (sulfide) groups is 1. The summed E-state index contributed by atoms with van der Waals surface area (Å²) in [6.45, 7) is 3.84. The Kier molecular flexibility index (Phi) is 5.46. The second-order valence-electron chi connectivity index (χ2n) is 4.16. The molecule has 0 aromatic heterocycles. The van der Waals surface area contributed by atoms with Crippen LogP contribution in [0.1, 0.15) is 13.8 Å². The maximum absolute atomic E-state index is 12.3. The Balaban J connectivity index is 2.82. The molecule has 0 aliphatic carbocycles. The number of nitrogens with zero attached hydrogens (tertiary/aromatic N) is 2. The predicted octanol–water partition coefficient (Wildman–Crippen LogP) is 0.0223. The van der Waals surface area contributed by atoms with Gasteiger partial charge in [-0.15, -0.1) is 11.8 Å². The van der Waals surface area contributed by atoms with Crippen molar-refractivity contribution in [2.45, 2.75) is 25.3 Å². The van der Waals surface area contributed by atoms with E-state index in [0.717, 1.165) is 0 Å². The van der Waals surface area contributed by atoms with Crippen LogP contribution in [-0.2, 0) is 9.59 Å². The van der Waals surface area contributed by atoms with Gasteiger partial charge in [0.1, 0.15) is 12.6 Å². The highest BCUT2D eigenvalue weighted by molar-refractivity contribution is 8.00. The van der Waals surface area contributed by atoms with E-state index in [-0.39, 0.29) is 17.8 Å². The van der Waals surface area contributed by atoms with Gasteiger partial charge in [0.2, 0.25) is 5.91 Å². The molecule has 1 fully saturated rings. The molecule has 1 aliphatic rings. The van der Waals surface area contributed by atoms with Crippen LogP contribution in [0.15, 0.2) is 0 Å². The molecule has 0 spiro atoms. The zero-order chi connectivity index (χ0) is 14.6. The van der Waals surface area contributed by atoms with Gasteiger partial charge in [0.05, 0.1) is 5.37 Å². The summed E-state index contributed by atoms with van der Waals surface area (Å²) >= 11 is 1.42. The van der Waals surface area contributed by atoms with E-state index in [1.165, 1.54) is 28.6 Å². The molecule has 0 bridgehead atoms. The van der Waals surface area contributed by atoms with E-state index in [1.807, 2.05) is 0 Å². The summed E-state index contributed by atoms with van der Waals surface area (Å²) in [5.74, 6) is -0.914. The van der Waals surface area contributed by atoms with E-state index in [2.05, 4.69) is 5.32 Å². The van der Waals surface area contributed by atoms with Gasteiger partial charge >= 0.3 is 12.0 Å². The van der Waals surface area contributed by atoms with Crippen molar-refractivity contribution in [3.05, 3.63) is 0 Å². The molecule has 1 rings (SSSR count). The van der Waals surface area contributed by atoms with Crippen molar-refractivity contribution < 1.29 is 19.5 Å². The Morgan fingerprint density at radius 1 is 1.47 bits per heavy atom. The van der Waals surface area contributed by atoms with Gasteiger partial charge in [-0.25, -0.2) is 9.59 Å². The summed E-state index contributed by atoms with van der Waals surface area (Å²) in [6, 6.07) is -1.23. The Labute approximate surface area is 116 Å². The summed E-state index contributed by atoms with van der Waals surface area (Å²) in [4.78, 5) is 37.5. The minimum absolute atomic E-state index is 0.0634. The third-order valence-electron chi connectivity index (χ3n) is 2.99. The summed E-state index contributed by atoms with van der Waals surface area (Å²) in [6.07, 6.45) is 0. The molecule has 8 heteroatoms. The lowest BCUT2D eigenvalue weighted by Crippen LogP contribution is -2.52. The van der Waals surface area contributed by atoms with Crippen molar-refractivity contribution in [3.8, 4) is 0 Å². The molecule has 2 atom stereocenters. The lowest BCUT2D eigenvalue weighted by molar-refractivity contribution is -0.141. The fourth-order valence-corrected chi connectivity index (χ4v) is 3.02. The standard InChI is InChI=1S/C11H19N3O4S/c1-4-13(5-9(15)12-3)11(18)14-7(2)19-6-8(14)10(16)17/h7-8H,4-6H2,1-3H3,(H,12,15)(H,16,17). The topological polar surface area (TPSA) is 90.0 Å². The van der Waals surface area contributed by atoms with Crippen LogP contribution in [0.2, 0.25) is 0 Å². The van der Waals surface area contributed by atoms with Crippen LogP contribution in [0.5, 0.6) is 0 Å². The Morgan fingerprint density at radius 3 is 2.58 bits per heavy atom. The first-order chi connectivity index (χ1) is 8.92. The molecule has 1 heterocycles. The van der Waals surface area contributed by atoms with Gasteiger partial charge in [0, 0.05) is 19.3 Å². The number of amides is 3. The SMILES string of the molecule is CCN(CC(=O)NC)C(=O)N1C(C)SCC1C(=O)O. The molecule has 0 aromatic rings. The zero-order valence-electron chi connectivity index (χ0n) is 11.3. The van der Waals surface area contributed by atoms with Crippen LogP contribution in [0, 0.1) is 0 Å². The fraction of sp³-hybridized carbons (Fsp3) is 0.727. The number of carbonyl (C=O) groups is 3.